The monoisotopic (exact) mass is 336 g/mol. The molecule has 0 bridgehead atoms. The maximum atomic E-state index is 11.7. The number of fused-ring (bicyclic) bond motifs is 1. The molecule has 1 aliphatic heterocycles. The molecule has 0 saturated carbocycles. The molecular formula is C19H20N4O2. The van der Waals surface area contributed by atoms with Gasteiger partial charge >= 0.3 is 0 Å². The maximum Gasteiger partial charge on any atom is 0.251 e. The zero-order valence-corrected chi connectivity index (χ0v) is 14.1. The molecule has 6 heteroatoms. The molecule has 1 aromatic carbocycles. The zero-order valence-electron chi connectivity index (χ0n) is 14.1. The lowest BCUT2D eigenvalue weighted by Crippen LogP contribution is -2.38. The SMILES string of the molecule is Cc1nc([C@H]2CN(Cc3ccnc4ccccc34)CCO2)cc(=O)[nH]1. The average molecular weight is 336 g/mol. The summed E-state index contributed by atoms with van der Waals surface area (Å²) in [6.45, 7) is 4.81. The van der Waals surface area contributed by atoms with Crippen molar-refractivity contribution < 1.29 is 4.74 Å². The summed E-state index contributed by atoms with van der Waals surface area (Å²) in [4.78, 5) is 25.6. The van der Waals surface area contributed by atoms with Crippen LogP contribution in [0.25, 0.3) is 10.9 Å². The van der Waals surface area contributed by atoms with Crippen LogP contribution in [0.15, 0.2) is 47.4 Å². The van der Waals surface area contributed by atoms with Crippen LogP contribution in [0.3, 0.4) is 0 Å². The van der Waals surface area contributed by atoms with Gasteiger partial charge in [-0.2, -0.15) is 0 Å². The third-order valence-electron chi connectivity index (χ3n) is 4.49. The van der Waals surface area contributed by atoms with E-state index in [-0.39, 0.29) is 11.7 Å². The number of ether oxygens (including phenoxy) is 1. The third kappa shape index (κ3) is 3.45. The summed E-state index contributed by atoms with van der Waals surface area (Å²) in [5, 5.41) is 1.18. The molecule has 6 nitrogen and oxygen atoms in total. The Hall–Kier alpha value is -2.57. The van der Waals surface area contributed by atoms with E-state index in [2.05, 4.69) is 32.0 Å². The highest BCUT2D eigenvalue weighted by Crippen LogP contribution is 2.23. The van der Waals surface area contributed by atoms with Crippen LogP contribution in [0.5, 0.6) is 0 Å². The van der Waals surface area contributed by atoms with Crippen LogP contribution in [0.1, 0.15) is 23.2 Å². The van der Waals surface area contributed by atoms with Crippen molar-refractivity contribution in [3.05, 3.63) is 70.0 Å². The van der Waals surface area contributed by atoms with Gasteiger partial charge in [-0.15, -0.1) is 0 Å². The van der Waals surface area contributed by atoms with Crippen molar-refractivity contribution in [3.63, 3.8) is 0 Å². The molecule has 4 rings (SSSR count). The Labute approximate surface area is 145 Å². The molecule has 0 radical (unpaired) electrons. The van der Waals surface area contributed by atoms with Crippen molar-refractivity contribution >= 4 is 10.9 Å². The molecule has 1 aliphatic rings. The highest BCUT2D eigenvalue weighted by molar-refractivity contribution is 5.81. The Morgan fingerprint density at radius 2 is 2.20 bits per heavy atom. The predicted molar refractivity (Wildman–Crippen MR) is 95.3 cm³/mol. The molecular weight excluding hydrogens is 316 g/mol. The van der Waals surface area contributed by atoms with E-state index in [0.29, 0.717) is 24.7 Å². The smallest absolute Gasteiger partial charge is 0.251 e. The van der Waals surface area contributed by atoms with Gasteiger partial charge in [-0.25, -0.2) is 4.98 Å². The highest BCUT2D eigenvalue weighted by Gasteiger charge is 2.24. The Morgan fingerprint density at radius 3 is 3.08 bits per heavy atom. The molecule has 1 atom stereocenters. The first-order valence-electron chi connectivity index (χ1n) is 8.43. The Morgan fingerprint density at radius 1 is 1.32 bits per heavy atom. The molecule has 3 aromatic rings. The first kappa shape index (κ1) is 15.9. The maximum absolute atomic E-state index is 11.7. The summed E-state index contributed by atoms with van der Waals surface area (Å²) >= 11 is 0. The van der Waals surface area contributed by atoms with Crippen LogP contribution in [0, 0.1) is 6.92 Å². The fraction of sp³-hybridized carbons (Fsp3) is 0.316. The highest BCUT2D eigenvalue weighted by atomic mass is 16.5. The molecule has 0 spiro atoms. The molecule has 0 amide bonds. The van der Waals surface area contributed by atoms with Crippen molar-refractivity contribution in [2.24, 2.45) is 0 Å². The number of morpholine rings is 1. The number of hydrogen-bond acceptors (Lipinski definition) is 5. The number of nitrogens with one attached hydrogen (secondary N) is 1. The Balaban J connectivity index is 1.56. The van der Waals surface area contributed by atoms with Gasteiger partial charge < -0.3 is 9.72 Å². The zero-order chi connectivity index (χ0) is 17.2. The van der Waals surface area contributed by atoms with Gasteiger partial charge in [0, 0.05) is 37.3 Å². The lowest BCUT2D eigenvalue weighted by molar-refractivity contribution is -0.0350. The van der Waals surface area contributed by atoms with E-state index < -0.39 is 0 Å². The van der Waals surface area contributed by atoms with E-state index in [1.165, 1.54) is 17.0 Å². The summed E-state index contributed by atoms with van der Waals surface area (Å²) in [5.74, 6) is 0.614. The molecule has 0 unspecified atom stereocenters. The average Bonchev–Trinajstić information content (AvgIpc) is 2.61. The second kappa shape index (κ2) is 6.74. The minimum atomic E-state index is -0.178. The Bertz CT molecular complexity index is 948. The van der Waals surface area contributed by atoms with Crippen LogP contribution in [-0.4, -0.2) is 39.5 Å². The largest absolute Gasteiger partial charge is 0.369 e. The number of nitrogens with zero attached hydrogens (tertiary/aromatic N) is 3. The van der Waals surface area contributed by atoms with E-state index in [9.17, 15) is 4.79 Å². The van der Waals surface area contributed by atoms with E-state index in [4.69, 9.17) is 4.74 Å². The normalized spacial score (nSPS) is 18.5. The summed E-state index contributed by atoms with van der Waals surface area (Å²) < 4.78 is 5.86. The van der Waals surface area contributed by atoms with Crippen molar-refractivity contribution in [1.82, 2.24) is 19.9 Å². The van der Waals surface area contributed by atoms with Crippen molar-refractivity contribution in [3.8, 4) is 0 Å². The van der Waals surface area contributed by atoms with E-state index >= 15 is 0 Å². The molecule has 0 aliphatic carbocycles. The minimum Gasteiger partial charge on any atom is -0.369 e. The van der Waals surface area contributed by atoms with Crippen LogP contribution >= 0.6 is 0 Å². The molecule has 128 valence electrons. The Kier molecular flexibility index (Phi) is 4.29. The lowest BCUT2D eigenvalue weighted by Gasteiger charge is -2.32. The number of H-pyrrole nitrogens is 1. The first-order valence-corrected chi connectivity index (χ1v) is 8.43. The van der Waals surface area contributed by atoms with Crippen LogP contribution in [0.2, 0.25) is 0 Å². The number of benzene rings is 1. The number of rotatable bonds is 3. The van der Waals surface area contributed by atoms with Crippen LogP contribution in [-0.2, 0) is 11.3 Å². The third-order valence-corrected chi connectivity index (χ3v) is 4.49. The summed E-state index contributed by atoms with van der Waals surface area (Å²) in [5.41, 5.74) is 2.83. The summed E-state index contributed by atoms with van der Waals surface area (Å²) in [6.07, 6.45) is 1.68. The molecule has 25 heavy (non-hydrogen) atoms. The van der Waals surface area contributed by atoms with Crippen molar-refractivity contribution in [2.45, 2.75) is 19.6 Å². The number of hydrogen-bond donors (Lipinski definition) is 1. The standard InChI is InChI=1S/C19H20N4O2/c1-13-21-17(10-19(24)22-13)18-12-23(8-9-25-18)11-14-6-7-20-16-5-3-2-4-15(14)16/h2-7,10,18H,8-9,11-12H2,1H3,(H,21,22,24)/t18-/m1/s1. The number of aromatic amines is 1. The number of aromatic nitrogens is 3. The van der Waals surface area contributed by atoms with Gasteiger partial charge in [-0.3, -0.25) is 14.7 Å². The van der Waals surface area contributed by atoms with Crippen LogP contribution in [0.4, 0.5) is 0 Å². The summed E-state index contributed by atoms with van der Waals surface area (Å²) in [6, 6.07) is 11.8. The van der Waals surface area contributed by atoms with Gasteiger partial charge in [0.1, 0.15) is 11.9 Å². The molecule has 1 fully saturated rings. The van der Waals surface area contributed by atoms with Crippen molar-refractivity contribution in [2.75, 3.05) is 19.7 Å². The van der Waals surface area contributed by atoms with Gasteiger partial charge in [-0.05, 0) is 24.6 Å². The quantitative estimate of drug-likeness (QED) is 0.794. The lowest BCUT2D eigenvalue weighted by atomic mass is 10.1. The second-order valence-electron chi connectivity index (χ2n) is 6.34. The number of para-hydroxylation sites is 1. The van der Waals surface area contributed by atoms with E-state index in [1.54, 1.807) is 6.92 Å². The number of pyridine rings is 1. The molecule has 1 N–H and O–H groups in total. The van der Waals surface area contributed by atoms with E-state index in [1.807, 2.05) is 24.4 Å². The fourth-order valence-electron chi connectivity index (χ4n) is 3.33. The predicted octanol–water partition coefficient (Wildman–Crippen LogP) is 2.20. The second-order valence-corrected chi connectivity index (χ2v) is 6.34. The van der Waals surface area contributed by atoms with Gasteiger partial charge in [0.15, 0.2) is 0 Å². The molecule has 2 aromatic heterocycles. The van der Waals surface area contributed by atoms with Gasteiger partial charge in [0.25, 0.3) is 5.56 Å². The van der Waals surface area contributed by atoms with Crippen LogP contribution < -0.4 is 5.56 Å². The minimum absolute atomic E-state index is 0.136. The van der Waals surface area contributed by atoms with Crippen molar-refractivity contribution in [1.29, 1.82) is 0 Å². The molecule has 1 saturated heterocycles. The van der Waals surface area contributed by atoms with Gasteiger partial charge in [0.2, 0.25) is 0 Å². The summed E-state index contributed by atoms with van der Waals surface area (Å²) in [7, 11) is 0. The first-order chi connectivity index (χ1) is 12.2. The topological polar surface area (TPSA) is 71.1 Å². The fourth-order valence-corrected chi connectivity index (χ4v) is 3.33. The van der Waals surface area contributed by atoms with Gasteiger partial charge in [-0.1, -0.05) is 18.2 Å². The van der Waals surface area contributed by atoms with E-state index in [0.717, 1.165) is 18.6 Å². The molecule has 3 heterocycles. The van der Waals surface area contributed by atoms with Gasteiger partial charge in [0.05, 0.1) is 17.8 Å². The number of aryl methyl sites for hydroxylation is 1.